The predicted octanol–water partition coefficient (Wildman–Crippen LogP) is 2.04. The minimum absolute atomic E-state index is 0.0745. The van der Waals surface area contributed by atoms with Crippen molar-refractivity contribution in [2.24, 2.45) is 0 Å². The van der Waals surface area contributed by atoms with Crippen molar-refractivity contribution in [3.05, 3.63) is 35.5 Å². The van der Waals surface area contributed by atoms with Gasteiger partial charge in [-0.15, -0.1) is 0 Å². The van der Waals surface area contributed by atoms with Gasteiger partial charge in [0.1, 0.15) is 11.4 Å². The number of hydrogen-bond donors (Lipinski definition) is 1. The van der Waals surface area contributed by atoms with E-state index in [4.69, 9.17) is 9.47 Å². The average Bonchev–Trinajstić information content (AvgIpc) is 3.50. The zero-order chi connectivity index (χ0) is 30.3. The summed E-state index contributed by atoms with van der Waals surface area (Å²) in [4.78, 5) is 63.2. The molecule has 3 aliphatic rings. The molecule has 3 saturated heterocycles. The van der Waals surface area contributed by atoms with Gasteiger partial charge in [0, 0.05) is 63.3 Å². The summed E-state index contributed by atoms with van der Waals surface area (Å²) in [6.07, 6.45) is 3.70. The van der Waals surface area contributed by atoms with E-state index in [0.29, 0.717) is 62.0 Å². The molecule has 3 fully saturated rings. The lowest BCUT2D eigenvalue weighted by atomic mass is 10.1. The molecule has 12 heteroatoms. The fourth-order valence-corrected chi connectivity index (χ4v) is 5.88. The van der Waals surface area contributed by atoms with Crippen LogP contribution in [0.4, 0.5) is 4.79 Å². The quantitative estimate of drug-likeness (QED) is 0.438. The number of rotatable bonds is 9. The van der Waals surface area contributed by atoms with E-state index in [9.17, 15) is 19.2 Å². The Morgan fingerprint density at radius 1 is 0.953 bits per heavy atom. The Morgan fingerprint density at radius 2 is 1.72 bits per heavy atom. The lowest BCUT2D eigenvalue weighted by Crippen LogP contribution is -2.53. The molecule has 4 amide bonds. The number of pyridine rings is 1. The van der Waals surface area contributed by atoms with Gasteiger partial charge in [-0.1, -0.05) is 19.4 Å². The zero-order valence-corrected chi connectivity index (χ0v) is 25.2. The standard InChI is InChI=1S/C31H42N6O6/c1-3-4-16-42-31(41)36-13-11-35(12-14-36)28(38)19-32-30(40)26-18-27(24-8-7-22(2)17-25(24)33-26)43-21-29(39)37-15-10-34-9-5-6-23(34)20-37/h7-8,17-18,23H,3-6,9-16,19-21H2,1-2H3,(H,32,40). The minimum atomic E-state index is -0.511. The molecule has 1 aromatic carbocycles. The molecule has 1 aromatic heterocycles. The van der Waals surface area contributed by atoms with Crippen LogP contribution < -0.4 is 10.1 Å². The number of nitrogens with one attached hydrogen (secondary N) is 1. The van der Waals surface area contributed by atoms with Crippen LogP contribution in [0.3, 0.4) is 0 Å². The third-order valence-corrected chi connectivity index (χ3v) is 8.47. The number of ether oxygens (including phenoxy) is 2. The number of benzene rings is 1. The summed E-state index contributed by atoms with van der Waals surface area (Å²) in [5.74, 6) is -0.428. The number of amides is 4. The molecule has 0 spiro atoms. The normalized spacial score (nSPS) is 18.8. The van der Waals surface area contributed by atoms with E-state index in [1.807, 2.05) is 36.9 Å². The molecule has 4 heterocycles. The number of hydrogen-bond acceptors (Lipinski definition) is 8. The Hall–Kier alpha value is -3.93. The maximum Gasteiger partial charge on any atom is 0.409 e. The maximum atomic E-state index is 13.1. The van der Waals surface area contributed by atoms with Crippen LogP contribution in [0, 0.1) is 6.92 Å². The Balaban J connectivity index is 1.17. The first-order chi connectivity index (χ1) is 20.8. The van der Waals surface area contributed by atoms with Crippen LogP contribution in [-0.4, -0.2) is 127 Å². The summed E-state index contributed by atoms with van der Waals surface area (Å²) >= 11 is 0. The summed E-state index contributed by atoms with van der Waals surface area (Å²) < 4.78 is 11.3. The van der Waals surface area contributed by atoms with Crippen LogP contribution in [-0.2, 0) is 14.3 Å². The lowest BCUT2D eigenvalue weighted by Gasteiger charge is -2.37. The van der Waals surface area contributed by atoms with Crippen molar-refractivity contribution in [1.82, 2.24) is 29.9 Å². The highest BCUT2D eigenvalue weighted by atomic mass is 16.6. The summed E-state index contributed by atoms with van der Waals surface area (Å²) in [6.45, 7) is 8.93. The van der Waals surface area contributed by atoms with Gasteiger partial charge in [0.15, 0.2) is 6.61 Å². The van der Waals surface area contributed by atoms with Crippen LogP contribution >= 0.6 is 0 Å². The van der Waals surface area contributed by atoms with E-state index in [2.05, 4.69) is 15.2 Å². The molecule has 0 saturated carbocycles. The second-order valence-corrected chi connectivity index (χ2v) is 11.5. The molecule has 2 aromatic rings. The minimum Gasteiger partial charge on any atom is -0.483 e. The predicted molar refractivity (Wildman–Crippen MR) is 160 cm³/mol. The second kappa shape index (κ2) is 14.0. The fraction of sp³-hybridized carbons (Fsp3) is 0.581. The number of carbonyl (C=O) groups is 4. The Morgan fingerprint density at radius 3 is 2.51 bits per heavy atom. The highest BCUT2D eigenvalue weighted by molar-refractivity contribution is 5.98. The third-order valence-electron chi connectivity index (χ3n) is 8.47. The van der Waals surface area contributed by atoms with Gasteiger partial charge in [0.25, 0.3) is 11.8 Å². The molecular formula is C31H42N6O6. The molecule has 1 unspecified atom stereocenters. The van der Waals surface area contributed by atoms with Crippen molar-refractivity contribution in [2.75, 3.05) is 72.1 Å². The van der Waals surface area contributed by atoms with Crippen molar-refractivity contribution in [1.29, 1.82) is 0 Å². The maximum absolute atomic E-state index is 13.1. The van der Waals surface area contributed by atoms with Gasteiger partial charge in [0.05, 0.1) is 18.7 Å². The molecule has 5 rings (SSSR count). The van der Waals surface area contributed by atoms with Gasteiger partial charge >= 0.3 is 6.09 Å². The molecule has 3 aliphatic heterocycles. The first-order valence-corrected chi connectivity index (χ1v) is 15.4. The van der Waals surface area contributed by atoms with Crippen molar-refractivity contribution >= 4 is 34.7 Å². The first-order valence-electron chi connectivity index (χ1n) is 15.4. The lowest BCUT2D eigenvalue weighted by molar-refractivity contribution is -0.136. The first kappa shape index (κ1) is 30.5. The molecule has 12 nitrogen and oxygen atoms in total. The number of aryl methyl sites for hydroxylation is 1. The van der Waals surface area contributed by atoms with E-state index in [1.165, 1.54) is 12.5 Å². The van der Waals surface area contributed by atoms with Gasteiger partial charge in [0.2, 0.25) is 5.91 Å². The van der Waals surface area contributed by atoms with E-state index in [1.54, 1.807) is 9.80 Å². The smallest absolute Gasteiger partial charge is 0.409 e. The number of nitrogens with zero attached hydrogens (tertiary/aromatic N) is 5. The van der Waals surface area contributed by atoms with Crippen LogP contribution in [0.1, 0.15) is 48.7 Å². The van der Waals surface area contributed by atoms with Crippen molar-refractivity contribution in [3.8, 4) is 5.75 Å². The highest BCUT2D eigenvalue weighted by Gasteiger charge is 2.32. The van der Waals surface area contributed by atoms with E-state index in [-0.39, 0.29) is 36.8 Å². The van der Waals surface area contributed by atoms with Gasteiger partial charge in [-0.3, -0.25) is 19.3 Å². The summed E-state index contributed by atoms with van der Waals surface area (Å²) in [5.41, 5.74) is 1.65. The summed E-state index contributed by atoms with van der Waals surface area (Å²) in [6, 6.07) is 7.62. The van der Waals surface area contributed by atoms with E-state index >= 15 is 0 Å². The summed E-state index contributed by atoms with van der Waals surface area (Å²) in [5, 5.41) is 3.38. The third kappa shape index (κ3) is 7.54. The van der Waals surface area contributed by atoms with Crippen molar-refractivity contribution < 1.29 is 28.7 Å². The van der Waals surface area contributed by atoms with Crippen LogP contribution in [0.5, 0.6) is 5.75 Å². The molecule has 1 atom stereocenters. The zero-order valence-electron chi connectivity index (χ0n) is 25.2. The van der Waals surface area contributed by atoms with Gasteiger partial charge in [-0.05, 0) is 50.4 Å². The largest absolute Gasteiger partial charge is 0.483 e. The number of aromatic nitrogens is 1. The van der Waals surface area contributed by atoms with E-state index in [0.717, 1.165) is 44.5 Å². The molecule has 1 N–H and O–H groups in total. The topological polar surface area (TPSA) is 125 Å². The van der Waals surface area contributed by atoms with Gasteiger partial charge < -0.3 is 29.5 Å². The second-order valence-electron chi connectivity index (χ2n) is 11.5. The van der Waals surface area contributed by atoms with E-state index < -0.39 is 5.91 Å². The van der Waals surface area contributed by atoms with Crippen LogP contribution in [0.2, 0.25) is 0 Å². The number of fused-ring (bicyclic) bond motifs is 2. The van der Waals surface area contributed by atoms with Crippen LogP contribution in [0.15, 0.2) is 24.3 Å². The monoisotopic (exact) mass is 594 g/mol. The molecule has 0 radical (unpaired) electrons. The molecule has 0 bridgehead atoms. The fourth-order valence-electron chi connectivity index (χ4n) is 5.88. The molecular weight excluding hydrogens is 552 g/mol. The van der Waals surface area contributed by atoms with Crippen molar-refractivity contribution in [2.45, 2.75) is 45.6 Å². The molecule has 232 valence electrons. The summed E-state index contributed by atoms with van der Waals surface area (Å²) in [7, 11) is 0. The Labute approximate surface area is 252 Å². The number of carbonyl (C=O) groups excluding carboxylic acids is 4. The molecule has 43 heavy (non-hydrogen) atoms. The Kier molecular flexibility index (Phi) is 9.96. The Bertz CT molecular complexity index is 1340. The van der Waals surface area contributed by atoms with Crippen molar-refractivity contribution in [3.63, 3.8) is 0 Å². The van der Waals surface area contributed by atoms with Gasteiger partial charge in [-0.25, -0.2) is 9.78 Å². The average molecular weight is 595 g/mol. The number of piperazine rings is 2. The van der Waals surface area contributed by atoms with Crippen LogP contribution in [0.25, 0.3) is 10.9 Å². The number of unbranched alkanes of at least 4 members (excludes halogenated alkanes) is 1. The van der Waals surface area contributed by atoms with Gasteiger partial charge in [-0.2, -0.15) is 0 Å². The SMILES string of the molecule is CCCCOC(=O)N1CCN(C(=O)CNC(=O)c2cc(OCC(=O)N3CCN4CCCC4C3)c3ccc(C)cc3n2)CC1. The molecule has 0 aliphatic carbocycles. The highest BCUT2D eigenvalue weighted by Crippen LogP contribution is 2.27.